The summed E-state index contributed by atoms with van der Waals surface area (Å²) in [7, 11) is 1.64. The maximum atomic E-state index is 8.89. The molecule has 0 atom stereocenters. The highest BCUT2D eigenvalue weighted by Crippen LogP contribution is 2.39. The summed E-state index contributed by atoms with van der Waals surface area (Å²) >= 11 is 3.16. The third kappa shape index (κ3) is 1.41. The minimum Gasteiger partial charge on any atom is -0.495 e. The van der Waals surface area contributed by atoms with Gasteiger partial charge < -0.3 is 4.74 Å². The fourth-order valence-corrected chi connectivity index (χ4v) is 3.09. The van der Waals surface area contributed by atoms with Gasteiger partial charge in [-0.2, -0.15) is 5.26 Å². The number of hydrogen-bond donors (Lipinski definition) is 0. The van der Waals surface area contributed by atoms with Crippen molar-refractivity contribution in [2.24, 2.45) is 0 Å². The molecular formula is C10H7NOS2. The Morgan fingerprint density at radius 3 is 2.64 bits per heavy atom. The smallest absolute Gasteiger partial charge is 0.138 e. The first kappa shape index (κ1) is 9.25. The summed E-state index contributed by atoms with van der Waals surface area (Å²) in [4.78, 5) is 2.04. The first-order valence-electron chi connectivity index (χ1n) is 3.96. The van der Waals surface area contributed by atoms with E-state index in [2.05, 4.69) is 6.07 Å². The molecule has 70 valence electrons. The third-order valence-electron chi connectivity index (χ3n) is 1.84. The second kappa shape index (κ2) is 3.82. The molecule has 2 rings (SSSR count). The van der Waals surface area contributed by atoms with Crippen LogP contribution in [0.25, 0.3) is 9.75 Å². The number of ether oxygens (including phenoxy) is 1. The Bertz CT molecular complexity index is 478. The second-order valence-electron chi connectivity index (χ2n) is 2.59. The van der Waals surface area contributed by atoms with Crippen LogP contribution in [0.1, 0.15) is 5.56 Å². The van der Waals surface area contributed by atoms with E-state index in [4.69, 9.17) is 10.00 Å². The number of hydrogen-bond acceptors (Lipinski definition) is 4. The van der Waals surface area contributed by atoms with Crippen LogP contribution in [0.2, 0.25) is 0 Å². The normalized spacial score (nSPS) is 9.71. The van der Waals surface area contributed by atoms with E-state index < -0.39 is 0 Å². The van der Waals surface area contributed by atoms with Gasteiger partial charge in [-0.25, -0.2) is 0 Å². The predicted molar refractivity (Wildman–Crippen MR) is 58.9 cm³/mol. The molecule has 4 heteroatoms. The molecule has 2 nitrogen and oxygen atoms in total. The Balaban J connectivity index is 2.55. The number of thiophene rings is 2. The van der Waals surface area contributed by atoms with E-state index in [1.165, 1.54) is 0 Å². The highest BCUT2D eigenvalue weighted by Gasteiger charge is 2.12. The molecule has 2 heterocycles. The lowest BCUT2D eigenvalue weighted by Gasteiger charge is -1.99. The predicted octanol–water partition coefficient (Wildman–Crippen LogP) is 3.36. The maximum absolute atomic E-state index is 8.89. The number of methoxy groups -OCH3 is 1. The van der Waals surface area contributed by atoms with E-state index in [1.54, 1.807) is 29.8 Å². The van der Waals surface area contributed by atoms with Crippen molar-refractivity contribution < 1.29 is 4.74 Å². The van der Waals surface area contributed by atoms with Crippen molar-refractivity contribution in [2.75, 3.05) is 7.11 Å². The number of nitriles is 1. The number of nitrogens with zero attached hydrogens (tertiary/aromatic N) is 1. The van der Waals surface area contributed by atoms with Crippen molar-refractivity contribution in [2.45, 2.75) is 0 Å². The molecule has 0 spiro atoms. The summed E-state index contributed by atoms with van der Waals surface area (Å²) in [5.41, 5.74) is 0.718. The van der Waals surface area contributed by atoms with Gasteiger partial charge in [0.05, 0.1) is 22.4 Å². The van der Waals surface area contributed by atoms with Crippen molar-refractivity contribution in [1.29, 1.82) is 5.26 Å². The van der Waals surface area contributed by atoms with E-state index in [9.17, 15) is 0 Å². The van der Waals surface area contributed by atoms with Crippen molar-refractivity contribution in [3.05, 3.63) is 28.5 Å². The summed E-state index contributed by atoms with van der Waals surface area (Å²) in [6, 6.07) is 5.93. The minimum atomic E-state index is 0.718. The lowest BCUT2D eigenvalue weighted by Crippen LogP contribution is -1.81. The fraction of sp³-hybridized carbons (Fsp3) is 0.100. The molecule has 0 fully saturated rings. The van der Waals surface area contributed by atoms with Crippen LogP contribution in [-0.2, 0) is 0 Å². The molecule has 0 aliphatic heterocycles. The molecule has 2 aromatic rings. The molecule has 0 unspecified atom stereocenters. The highest BCUT2D eigenvalue weighted by molar-refractivity contribution is 7.20. The van der Waals surface area contributed by atoms with E-state index in [0.29, 0.717) is 0 Å². The van der Waals surface area contributed by atoms with Gasteiger partial charge in [-0.1, -0.05) is 0 Å². The van der Waals surface area contributed by atoms with Crippen LogP contribution in [0.15, 0.2) is 22.9 Å². The Morgan fingerprint density at radius 2 is 1.93 bits per heavy atom. The van der Waals surface area contributed by atoms with Gasteiger partial charge >= 0.3 is 0 Å². The molecule has 0 bridgehead atoms. The monoisotopic (exact) mass is 221 g/mol. The van der Waals surface area contributed by atoms with E-state index in [-0.39, 0.29) is 0 Å². The molecule has 14 heavy (non-hydrogen) atoms. The van der Waals surface area contributed by atoms with Crippen molar-refractivity contribution in [1.82, 2.24) is 0 Å². The standard InChI is InChI=1S/C10H7NOS2/c1-12-8-3-5-14-10(8)9-7(6-11)2-4-13-9/h2-5H,1H3. The van der Waals surface area contributed by atoms with Crippen LogP contribution in [-0.4, -0.2) is 7.11 Å². The van der Waals surface area contributed by atoms with Gasteiger partial charge in [0.2, 0.25) is 0 Å². The zero-order valence-corrected chi connectivity index (χ0v) is 9.11. The molecule has 0 aliphatic carbocycles. The average Bonchev–Trinajstić information content (AvgIpc) is 2.85. The topological polar surface area (TPSA) is 33.0 Å². The van der Waals surface area contributed by atoms with Crippen molar-refractivity contribution >= 4 is 22.7 Å². The number of rotatable bonds is 2. The summed E-state index contributed by atoms with van der Waals surface area (Å²) in [5.74, 6) is 0.842. The fourth-order valence-electron chi connectivity index (χ4n) is 1.20. The van der Waals surface area contributed by atoms with Crippen molar-refractivity contribution in [3.8, 4) is 21.6 Å². The van der Waals surface area contributed by atoms with Crippen LogP contribution >= 0.6 is 22.7 Å². The molecule has 0 N–H and O–H groups in total. The molecule has 2 aromatic heterocycles. The summed E-state index contributed by atoms with van der Waals surface area (Å²) in [5, 5.41) is 12.8. The molecule has 0 aliphatic rings. The lowest BCUT2D eigenvalue weighted by molar-refractivity contribution is 0.418. The Morgan fingerprint density at radius 1 is 1.21 bits per heavy atom. The van der Waals surface area contributed by atoms with Gasteiger partial charge in [-0.15, -0.1) is 22.7 Å². The van der Waals surface area contributed by atoms with Gasteiger partial charge in [-0.05, 0) is 22.9 Å². The molecule has 0 aromatic carbocycles. The van der Waals surface area contributed by atoms with Gasteiger partial charge in [0, 0.05) is 0 Å². The van der Waals surface area contributed by atoms with Crippen LogP contribution in [0.3, 0.4) is 0 Å². The van der Waals surface area contributed by atoms with Gasteiger partial charge in [0.15, 0.2) is 0 Å². The second-order valence-corrected chi connectivity index (χ2v) is 4.43. The highest BCUT2D eigenvalue weighted by atomic mass is 32.1. The quantitative estimate of drug-likeness (QED) is 0.779. The summed E-state index contributed by atoms with van der Waals surface area (Å²) < 4.78 is 5.22. The molecule has 0 amide bonds. The van der Waals surface area contributed by atoms with E-state index >= 15 is 0 Å². The summed E-state index contributed by atoms with van der Waals surface area (Å²) in [6.45, 7) is 0. The lowest BCUT2D eigenvalue weighted by atomic mass is 10.2. The van der Waals surface area contributed by atoms with Gasteiger partial charge in [0.25, 0.3) is 0 Å². The van der Waals surface area contributed by atoms with Crippen LogP contribution in [0.5, 0.6) is 5.75 Å². The largest absolute Gasteiger partial charge is 0.495 e. The molecular weight excluding hydrogens is 214 g/mol. The van der Waals surface area contributed by atoms with Gasteiger partial charge in [-0.3, -0.25) is 0 Å². The minimum absolute atomic E-state index is 0.718. The summed E-state index contributed by atoms with van der Waals surface area (Å²) in [6.07, 6.45) is 0. The Labute approximate surface area is 90.0 Å². The van der Waals surface area contributed by atoms with Crippen molar-refractivity contribution in [3.63, 3.8) is 0 Å². The maximum Gasteiger partial charge on any atom is 0.138 e. The SMILES string of the molecule is COc1ccsc1-c1sccc1C#N. The van der Waals surface area contributed by atoms with Gasteiger partial charge in [0.1, 0.15) is 11.8 Å². The first-order valence-corrected chi connectivity index (χ1v) is 5.72. The third-order valence-corrected chi connectivity index (χ3v) is 3.82. The van der Waals surface area contributed by atoms with E-state index in [1.807, 2.05) is 22.9 Å². The molecule has 0 radical (unpaired) electrons. The molecule has 0 saturated carbocycles. The average molecular weight is 221 g/mol. The zero-order valence-electron chi connectivity index (χ0n) is 7.48. The Hall–Kier alpha value is -1.31. The van der Waals surface area contributed by atoms with Crippen LogP contribution in [0, 0.1) is 11.3 Å². The Kier molecular flexibility index (Phi) is 2.53. The van der Waals surface area contributed by atoms with E-state index in [0.717, 1.165) is 21.1 Å². The zero-order chi connectivity index (χ0) is 9.97. The first-order chi connectivity index (χ1) is 6.86. The van der Waals surface area contributed by atoms with Crippen LogP contribution in [0.4, 0.5) is 0 Å². The molecule has 0 saturated heterocycles. The van der Waals surface area contributed by atoms with Crippen LogP contribution < -0.4 is 4.74 Å².